The quantitative estimate of drug-likeness (QED) is 0.754. The Bertz CT molecular complexity index is 447. The van der Waals surface area contributed by atoms with Gasteiger partial charge in [0.15, 0.2) is 5.78 Å². The Hall–Kier alpha value is -1.95. The maximum absolute atomic E-state index is 11.4. The minimum atomic E-state index is -0.966. The number of hydrogen-bond donors (Lipinski definition) is 2. The number of hydrazine groups is 1. The Morgan fingerprint density at radius 3 is 3.00 bits per heavy atom. The number of rotatable bonds is 3. The number of fused-ring (bicyclic) bond motifs is 1. The molecule has 84 valence electrons. The molecule has 0 aliphatic carbocycles. The number of carboxylic acids is 1. The van der Waals surface area contributed by atoms with Gasteiger partial charge in [0, 0.05) is 11.8 Å². The summed E-state index contributed by atoms with van der Waals surface area (Å²) in [6.07, 6.45) is 3.13. The van der Waals surface area contributed by atoms with E-state index in [0.29, 0.717) is 5.69 Å². The highest BCUT2D eigenvalue weighted by atomic mass is 16.4. The van der Waals surface area contributed by atoms with E-state index in [1.807, 2.05) is 0 Å². The molecule has 1 aliphatic heterocycles. The molecule has 0 saturated carbocycles. The summed E-state index contributed by atoms with van der Waals surface area (Å²) in [5, 5.41) is 10.2. The Labute approximate surface area is 91.9 Å². The fraction of sp³-hybridized carbons (Fsp3) is 0.300. The number of aliphatic carboxylic acids is 1. The van der Waals surface area contributed by atoms with Crippen molar-refractivity contribution in [1.29, 1.82) is 0 Å². The third kappa shape index (κ3) is 1.74. The predicted molar refractivity (Wildman–Crippen MR) is 55.8 cm³/mol. The molecule has 0 saturated heterocycles. The predicted octanol–water partition coefficient (Wildman–Crippen LogP) is 0.121. The Morgan fingerprint density at radius 1 is 1.62 bits per heavy atom. The van der Waals surface area contributed by atoms with Crippen molar-refractivity contribution in [3.05, 3.63) is 24.0 Å². The Kier molecular flexibility index (Phi) is 2.57. The van der Waals surface area contributed by atoms with Gasteiger partial charge >= 0.3 is 5.97 Å². The van der Waals surface area contributed by atoms with E-state index < -0.39 is 12.0 Å². The lowest BCUT2D eigenvalue weighted by atomic mass is 10.1. The highest BCUT2D eigenvalue weighted by molar-refractivity contribution is 5.87. The van der Waals surface area contributed by atoms with E-state index >= 15 is 0 Å². The van der Waals surface area contributed by atoms with E-state index in [2.05, 4.69) is 10.4 Å². The van der Waals surface area contributed by atoms with E-state index in [4.69, 9.17) is 5.11 Å². The van der Waals surface area contributed by atoms with Crippen LogP contribution in [0.4, 0.5) is 5.69 Å². The number of nitrogens with one attached hydrogen (secondary N) is 1. The van der Waals surface area contributed by atoms with Gasteiger partial charge in [0.25, 0.3) is 0 Å². The van der Waals surface area contributed by atoms with Crippen LogP contribution < -0.4 is 10.4 Å². The maximum Gasteiger partial charge on any atom is 0.324 e. The number of ketones is 1. The number of pyridine rings is 1. The first-order valence-corrected chi connectivity index (χ1v) is 4.79. The third-order valence-corrected chi connectivity index (χ3v) is 2.42. The molecule has 1 unspecified atom stereocenters. The zero-order chi connectivity index (χ0) is 11.7. The van der Waals surface area contributed by atoms with Crippen molar-refractivity contribution >= 4 is 17.4 Å². The molecular weight excluding hydrogens is 210 g/mol. The monoisotopic (exact) mass is 221 g/mol. The maximum atomic E-state index is 11.4. The Morgan fingerprint density at radius 2 is 2.38 bits per heavy atom. The van der Waals surface area contributed by atoms with Crippen molar-refractivity contribution in [2.75, 3.05) is 11.6 Å². The van der Waals surface area contributed by atoms with Crippen LogP contribution in [0.25, 0.3) is 0 Å². The standard InChI is InChI=1S/C10H11N3O3/c1-6(14)10-7-2-3-11-4-8(7)13(12-10)5-9(15)16/h2-4,10,12H,5H2,1H3,(H,15,16). The minimum absolute atomic E-state index is 0.0552. The molecule has 6 heteroatoms. The number of anilines is 1. The molecule has 16 heavy (non-hydrogen) atoms. The van der Waals surface area contributed by atoms with Crippen molar-refractivity contribution in [2.45, 2.75) is 13.0 Å². The lowest BCUT2D eigenvalue weighted by Crippen LogP contribution is -2.40. The van der Waals surface area contributed by atoms with E-state index in [1.165, 1.54) is 11.9 Å². The van der Waals surface area contributed by atoms with Crippen molar-refractivity contribution < 1.29 is 14.7 Å². The first-order valence-electron chi connectivity index (χ1n) is 4.79. The second-order valence-corrected chi connectivity index (χ2v) is 3.59. The summed E-state index contributed by atoms with van der Waals surface area (Å²) >= 11 is 0. The van der Waals surface area contributed by atoms with Crippen LogP contribution in [0.1, 0.15) is 18.5 Å². The van der Waals surface area contributed by atoms with Gasteiger partial charge in [-0.05, 0) is 13.0 Å². The number of carbonyl (C=O) groups is 2. The smallest absolute Gasteiger partial charge is 0.324 e. The van der Waals surface area contributed by atoms with Crippen LogP contribution in [-0.4, -0.2) is 28.4 Å². The van der Waals surface area contributed by atoms with Crippen LogP contribution in [0.2, 0.25) is 0 Å². The third-order valence-electron chi connectivity index (χ3n) is 2.42. The molecule has 0 amide bonds. The van der Waals surface area contributed by atoms with Crippen LogP contribution in [0.15, 0.2) is 18.5 Å². The molecule has 0 aromatic carbocycles. The molecule has 2 heterocycles. The highest BCUT2D eigenvalue weighted by Gasteiger charge is 2.31. The summed E-state index contributed by atoms with van der Waals surface area (Å²) in [7, 11) is 0. The van der Waals surface area contributed by atoms with Crippen LogP contribution >= 0.6 is 0 Å². The van der Waals surface area contributed by atoms with Gasteiger partial charge < -0.3 is 5.11 Å². The zero-order valence-electron chi connectivity index (χ0n) is 8.67. The van der Waals surface area contributed by atoms with Crippen molar-refractivity contribution in [2.24, 2.45) is 0 Å². The first-order chi connectivity index (χ1) is 7.59. The van der Waals surface area contributed by atoms with Crippen LogP contribution in [0.5, 0.6) is 0 Å². The molecule has 1 aliphatic rings. The van der Waals surface area contributed by atoms with Crippen molar-refractivity contribution in [3.8, 4) is 0 Å². The molecule has 2 N–H and O–H groups in total. The molecule has 1 aromatic rings. The molecule has 0 spiro atoms. The van der Waals surface area contributed by atoms with Gasteiger partial charge in [0.05, 0.1) is 11.9 Å². The van der Waals surface area contributed by atoms with Crippen LogP contribution in [-0.2, 0) is 9.59 Å². The molecule has 1 aromatic heterocycles. The fourth-order valence-corrected chi connectivity index (χ4v) is 1.74. The minimum Gasteiger partial charge on any atom is -0.480 e. The number of nitrogens with zero attached hydrogens (tertiary/aromatic N) is 2. The van der Waals surface area contributed by atoms with Crippen LogP contribution in [0, 0.1) is 0 Å². The second-order valence-electron chi connectivity index (χ2n) is 3.59. The lowest BCUT2D eigenvalue weighted by Gasteiger charge is -2.17. The van der Waals surface area contributed by atoms with Gasteiger partial charge in [-0.25, -0.2) is 5.43 Å². The zero-order valence-corrected chi connectivity index (χ0v) is 8.67. The lowest BCUT2D eigenvalue weighted by molar-refractivity contribution is -0.135. The number of hydrogen-bond acceptors (Lipinski definition) is 5. The summed E-state index contributed by atoms with van der Waals surface area (Å²) in [6.45, 7) is 1.26. The van der Waals surface area contributed by atoms with Gasteiger partial charge in [-0.3, -0.25) is 19.6 Å². The molecule has 0 bridgehead atoms. The average molecular weight is 221 g/mol. The van der Waals surface area contributed by atoms with Gasteiger partial charge in [0.2, 0.25) is 0 Å². The van der Waals surface area contributed by atoms with E-state index in [1.54, 1.807) is 18.5 Å². The second kappa shape index (κ2) is 3.90. The van der Waals surface area contributed by atoms with Crippen LogP contribution in [0.3, 0.4) is 0 Å². The topological polar surface area (TPSA) is 82.5 Å². The molecular formula is C10H11N3O3. The number of carboxylic acid groups (broad SMARTS) is 1. The summed E-state index contributed by atoms with van der Waals surface area (Å²) < 4.78 is 0. The number of Topliss-reactive ketones (excluding diaryl/α,β-unsaturated/α-hetero) is 1. The molecule has 1 atom stereocenters. The van der Waals surface area contributed by atoms with Gasteiger partial charge in [-0.2, -0.15) is 0 Å². The summed E-state index contributed by atoms with van der Waals surface area (Å²) in [5.41, 5.74) is 4.26. The number of carbonyl (C=O) groups excluding carboxylic acids is 1. The average Bonchev–Trinajstić information content (AvgIpc) is 2.57. The van der Waals surface area contributed by atoms with Gasteiger partial charge in [0.1, 0.15) is 12.6 Å². The van der Waals surface area contributed by atoms with Gasteiger partial charge in [-0.15, -0.1) is 0 Å². The van der Waals surface area contributed by atoms with Crippen molar-refractivity contribution in [1.82, 2.24) is 10.4 Å². The van der Waals surface area contributed by atoms with E-state index in [9.17, 15) is 9.59 Å². The molecule has 0 fully saturated rings. The SMILES string of the molecule is CC(=O)C1NN(CC(=O)O)c2cnccc21. The van der Waals surface area contributed by atoms with Gasteiger partial charge in [-0.1, -0.05) is 0 Å². The number of aromatic nitrogens is 1. The first kappa shape index (κ1) is 10.6. The van der Waals surface area contributed by atoms with Crippen molar-refractivity contribution in [3.63, 3.8) is 0 Å². The summed E-state index contributed by atoms with van der Waals surface area (Å²) in [4.78, 5) is 26.0. The summed E-state index contributed by atoms with van der Waals surface area (Å²) in [6, 6.07) is 1.24. The summed E-state index contributed by atoms with van der Waals surface area (Å²) in [5.74, 6) is -1.02. The van der Waals surface area contributed by atoms with E-state index in [0.717, 1.165) is 5.56 Å². The fourth-order valence-electron chi connectivity index (χ4n) is 1.74. The molecule has 2 rings (SSSR count). The molecule has 6 nitrogen and oxygen atoms in total. The molecule has 0 radical (unpaired) electrons. The normalized spacial score (nSPS) is 18.3. The Balaban J connectivity index is 2.35. The largest absolute Gasteiger partial charge is 0.480 e. The van der Waals surface area contributed by atoms with E-state index in [-0.39, 0.29) is 12.3 Å². The highest BCUT2D eigenvalue weighted by Crippen LogP contribution is 2.31.